The normalized spacial score (nSPS) is 17.6. The third-order valence-electron chi connectivity index (χ3n) is 4.75. The van der Waals surface area contributed by atoms with Gasteiger partial charge in [0.2, 0.25) is 5.91 Å². The lowest BCUT2D eigenvalue weighted by atomic mass is 10.1. The summed E-state index contributed by atoms with van der Waals surface area (Å²) in [5.41, 5.74) is 2.86. The number of hydrogen-bond acceptors (Lipinski definition) is 3. The molecule has 5 nitrogen and oxygen atoms in total. The van der Waals surface area contributed by atoms with E-state index in [1.54, 1.807) is 18.5 Å². The molecule has 0 N–H and O–H groups in total. The molecule has 3 aromatic rings. The summed E-state index contributed by atoms with van der Waals surface area (Å²) in [6.07, 6.45) is 1.98. The van der Waals surface area contributed by atoms with Crippen molar-refractivity contribution in [3.05, 3.63) is 66.2 Å². The van der Waals surface area contributed by atoms with Crippen molar-refractivity contribution in [3.8, 4) is 0 Å². The van der Waals surface area contributed by atoms with Crippen molar-refractivity contribution in [1.82, 2.24) is 14.5 Å². The molecule has 1 saturated heterocycles. The van der Waals surface area contributed by atoms with Crippen LogP contribution in [0, 0.1) is 5.82 Å². The molecule has 1 aromatic heterocycles. The van der Waals surface area contributed by atoms with Crippen LogP contribution in [0.5, 0.6) is 0 Å². The molecule has 0 radical (unpaired) electrons. The van der Waals surface area contributed by atoms with Gasteiger partial charge in [0.1, 0.15) is 11.9 Å². The number of amides is 1. The van der Waals surface area contributed by atoms with E-state index in [1.807, 2.05) is 33.7 Å². The van der Waals surface area contributed by atoms with Gasteiger partial charge in [0, 0.05) is 19.5 Å². The quantitative estimate of drug-likeness (QED) is 0.724. The highest BCUT2D eigenvalue weighted by Gasteiger charge is 2.25. The van der Waals surface area contributed by atoms with Gasteiger partial charge < -0.3 is 14.2 Å². The first-order valence-corrected chi connectivity index (χ1v) is 8.75. The first kappa shape index (κ1) is 16.7. The van der Waals surface area contributed by atoms with Crippen LogP contribution in [0.1, 0.15) is 18.1 Å². The average molecular weight is 353 g/mol. The van der Waals surface area contributed by atoms with Gasteiger partial charge in [-0.15, -0.1) is 0 Å². The second kappa shape index (κ2) is 7.25. The minimum absolute atomic E-state index is 0.0955. The molecule has 0 aliphatic carbocycles. The van der Waals surface area contributed by atoms with Crippen molar-refractivity contribution in [2.24, 2.45) is 0 Å². The number of para-hydroxylation sites is 2. The van der Waals surface area contributed by atoms with E-state index in [4.69, 9.17) is 4.74 Å². The molecule has 1 atom stereocenters. The Kier molecular flexibility index (Phi) is 4.67. The second-order valence-electron chi connectivity index (χ2n) is 6.43. The Morgan fingerprint density at radius 3 is 2.85 bits per heavy atom. The summed E-state index contributed by atoms with van der Waals surface area (Å²) in [6, 6.07) is 14.2. The van der Waals surface area contributed by atoms with E-state index >= 15 is 0 Å². The molecule has 0 saturated carbocycles. The molecular formula is C20H20FN3O2. The summed E-state index contributed by atoms with van der Waals surface area (Å²) in [4.78, 5) is 18.8. The van der Waals surface area contributed by atoms with Crippen LogP contribution in [0.4, 0.5) is 4.39 Å². The zero-order valence-electron chi connectivity index (χ0n) is 14.3. The highest BCUT2D eigenvalue weighted by Crippen LogP contribution is 2.23. The summed E-state index contributed by atoms with van der Waals surface area (Å²) in [7, 11) is 0. The Morgan fingerprint density at radius 1 is 1.19 bits per heavy atom. The van der Waals surface area contributed by atoms with Crippen LogP contribution in [0.15, 0.2) is 54.9 Å². The van der Waals surface area contributed by atoms with Gasteiger partial charge in [-0.25, -0.2) is 9.37 Å². The Balaban J connectivity index is 1.39. The Hall–Kier alpha value is -2.73. The lowest BCUT2D eigenvalue weighted by Crippen LogP contribution is -2.42. The Morgan fingerprint density at radius 2 is 2.00 bits per heavy atom. The van der Waals surface area contributed by atoms with Crippen LogP contribution in [0.25, 0.3) is 11.0 Å². The molecule has 1 aliphatic heterocycles. The number of aryl methyl sites for hydroxylation is 1. The molecule has 134 valence electrons. The molecule has 1 aliphatic rings. The van der Waals surface area contributed by atoms with Crippen molar-refractivity contribution < 1.29 is 13.9 Å². The van der Waals surface area contributed by atoms with Crippen molar-refractivity contribution in [1.29, 1.82) is 0 Å². The fourth-order valence-electron chi connectivity index (χ4n) is 3.32. The largest absolute Gasteiger partial charge is 0.370 e. The number of ether oxygens (including phenoxy) is 1. The summed E-state index contributed by atoms with van der Waals surface area (Å²) < 4.78 is 20.9. The van der Waals surface area contributed by atoms with Crippen molar-refractivity contribution in [2.75, 3.05) is 19.7 Å². The molecule has 0 spiro atoms. The lowest BCUT2D eigenvalue weighted by Gasteiger charge is -2.33. The molecular weight excluding hydrogens is 333 g/mol. The highest BCUT2D eigenvalue weighted by molar-refractivity contribution is 5.77. The molecule has 6 heteroatoms. The number of fused-ring (bicyclic) bond motifs is 1. The maximum absolute atomic E-state index is 13.1. The highest BCUT2D eigenvalue weighted by atomic mass is 19.1. The predicted molar refractivity (Wildman–Crippen MR) is 96.0 cm³/mol. The standard InChI is InChI=1S/C20H20FN3O2/c21-16-7-5-15(6-8-16)19-13-23(11-12-26-19)20(25)9-10-24-14-22-17-3-1-2-4-18(17)24/h1-8,14,19H,9-13H2. The number of halogens is 1. The molecule has 26 heavy (non-hydrogen) atoms. The first-order valence-electron chi connectivity index (χ1n) is 8.75. The summed E-state index contributed by atoms with van der Waals surface area (Å²) >= 11 is 0. The molecule has 0 bridgehead atoms. The van der Waals surface area contributed by atoms with Crippen LogP contribution in [-0.4, -0.2) is 40.1 Å². The number of carbonyl (C=O) groups excluding carboxylic acids is 1. The second-order valence-corrected chi connectivity index (χ2v) is 6.43. The van der Waals surface area contributed by atoms with E-state index in [2.05, 4.69) is 4.98 Å². The number of imidazole rings is 1. The zero-order chi connectivity index (χ0) is 17.9. The van der Waals surface area contributed by atoms with Crippen molar-refractivity contribution in [3.63, 3.8) is 0 Å². The van der Waals surface area contributed by atoms with Crippen LogP contribution >= 0.6 is 0 Å². The minimum atomic E-state index is -0.273. The fraction of sp³-hybridized carbons (Fsp3) is 0.300. The van der Waals surface area contributed by atoms with Crippen molar-refractivity contribution >= 4 is 16.9 Å². The number of rotatable bonds is 4. The molecule has 1 unspecified atom stereocenters. The maximum atomic E-state index is 13.1. The third-order valence-corrected chi connectivity index (χ3v) is 4.75. The number of aromatic nitrogens is 2. The van der Waals surface area contributed by atoms with Gasteiger partial charge >= 0.3 is 0 Å². The van der Waals surface area contributed by atoms with Gasteiger partial charge in [-0.3, -0.25) is 4.79 Å². The molecule has 1 fully saturated rings. The molecule has 2 heterocycles. The van der Waals surface area contributed by atoms with Gasteiger partial charge in [-0.05, 0) is 29.8 Å². The van der Waals surface area contributed by atoms with Gasteiger partial charge in [-0.1, -0.05) is 24.3 Å². The van der Waals surface area contributed by atoms with E-state index in [0.29, 0.717) is 32.7 Å². The van der Waals surface area contributed by atoms with E-state index in [1.165, 1.54) is 12.1 Å². The zero-order valence-corrected chi connectivity index (χ0v) is 14.3. The summed E-state index contributed by atoms with van der Waals surface area (Å²) in [5.74, 6) is -0.178. The van der Waals surface area contributed by atoms with E-state index in [9.17, 15) is 9.18 Å². The number of carbonyl (C=O) groups is 1. The van der Waals surface area contributed by atoms with Gasteiger partial charge in [0.25, 0.3) is 0 Å². The number of nitrogens with zero attached hydrogens (tertiary/aromatic N) is 3. The number of benzene rings is 2. The topological polar surface area (TPSA) is 47.4 Å². The molecule has 4 rings (SSSR count). The van der Waals surface area contributed by atoms with E-state index < -0.39 is 0 Å². The van der Waals surface area contributed by atoms with E-state index in [-0.39, 0.29) is 17.8 Å². The summed E-state index contributed by atoms with van der Waals surface area (Å²) in [6.45, 7) is 2.16. The molecule has 2 aromatic carbocycles. The fourth-order valence-corrected chi connectivity index (χ4v) is 3.32. The summed E-state index contributed by atoms with van der Waals surface area (Å²) in [5, 5.41) is 0. The number of morpholine rings is 1. The number of hydrogen-bond donors (Lipinski definition) is 0. The van der Waals surface area contributed by atoms with Gasteiger partial charge in [-0.2, -0.15) is 0 Å². The minimum Gasteiger partial charge on any atom is -0.370 e. The van der Waals surface area contributed by atoms with Crippen LogP contribution in [0.2, 0.25) is 0 Å². The van der Waals surface area contributed by atoms with Gasteiger partial charge in [0.05, 0.1) is 30.5 Å². The predicted octanol–water partition coefficient (Wildman–Crippen LogP) is 3.17. The average Bonchev–Trinajstić information content (AvgIpc) is 3.10. The third kappa shape index (κ3) is 3.46. The van der Waals surface area contributed by atoms with Crippen molar-refractivity contribution in [2.45, 2.75) is 19.1 Å². The molecule has 1 amide bonds. The first-order chi connectivity index (χ1) is 12.7. The van der Waals surface area contributed by atoms with E-state index in [0.717, 1.165) is 16.6 Å². The lowest BCUT2D eigenvalue weighted by molar-refractivity contribution is -0.139. The van der Waals surface area contributed by atoms with Crippen LogP contribution in [-0.2, 0) is 16.1 Å². The Bertz CT molecular complexity index is 907. The maximum Gasteiger partial charge on any atom is 0.224 e. The SMILES string of the molecule is O=C(CCn1cnc2ccccc21)N1CCOC(c2ccc(F)cc2)C1. The smallest absolute Gasteiger partial charge is 0.224 e. The van der Waals surface area contributed by atoms with Crippen LogP contribution in [0.3, 0.4) is 0 Å². The van der Waals surface area contributed by atoms with Crippen LogP contribution < -0.4 is 0 Å². The Labute approximate surface area is 151 Å². The van der Waals surface area contributed by atoms with Gasteiger partial charge in [0.15, 0.2) is 0 Å². The monoisotopic (exact) mass is 353 g/mol.